The first kappa shape index (κ1) is 12.2. The minimum Gasteiger partial charge on any atom is -0.364 e. The van der Waals surface area contributed by atoms with Gasteiger partial charge in [-0.3, -0.25) is 0 Å². The summed E-state index contributed by atoms with van der Waals surface area (Å²) in [7, 11) is 0. The lowest BCUT2D eigenvalue weighted by atomic mass is 10.2. The molecule has 4 nitrogen and oxygen atoms in total. The first-order valence-corrected chi connectivity index (χ1v) is 6.51. The molecular formula is C14H17FN4. The third-order valence-electron chi connectivity index (χ3n) is 3.56. The van der Waals surface area contributed by atoms with Crippen molar-refractivity contribution in [3.05, 3.63) is 47.8 Å². The highest BCUT2D eigenvalue weighted by molar-refractivity contribution is 5.47. The number of rotatable bonds is 3. The van der Waals surface area contributed by atoms with Crippen molar-refractivity contribution in [2.24, 2.45) is 5.73 Å². The average Bonchev–Trinajstić information content (AvgIpc) is 2.83. The van der Waals surface area contributed by atoms with Crippen LogP contribution in [0.2, 0.25) is 0 Å². The van der Waals surface area contributed by atoms with Gasteiger partial charge in [0.15, 0.2) is 0 Å². The maximum absolute atomic E-state index is 13.0. The number of nitrogens with two attached hydrogens (primary N) is 1. The minimum atomic E-state index is -0.199. The van der Waals surface area contributed by atoms with Crippen molar-refractivity contribution < 1.29 is 4.39 Å². The van der Waals surface area contributed by atoms with Gasteiger partial charge in [0.25, 0.3) is 0 Å². The zero-order chi connectivity index (χ0) is 13.2. The Kier molecular flexibility index (Phi) is 3.21. The summed E-state index contributed by atoms with van der Waals surface area (Å²) in [6.07, 6.45) is 2.70. The molecule has 1 aliphatic heterocycles. The molecule has 0 radical (unpaired) electrons. The molecule has 2 N–H and O–H groups in total. The summed E-state index contributed by atoms with van der Waals surface area (Å²) >= 11 is 0. The second kappa shape index (κ2) is 5.01. The van der Waals surface area contributed by atoms with Crippen LogP contribution in [-0.2, 0) is 19.5 Å². The van der Waals surface area contributed by atoms with Gasteiger partial charge >= 0.3 is 0 Å². The lowest BCUT2D eigenvalue weighted by Crippen LogP contribution is -2.33. The third kappa shape index (κ3) is 2.33. The van der Waals surface area contributed by atoms with Crippen molar-refractivity contribution in [1.82, 2.24) is 9.55 Å². The summed E-state index contributed by atoms with van der Waals surface area (Å²) in [5.41, 5.74) is 8.96. The Bertz CT molecular complexity index is 561. The largest absolute Gasteiger partial charge is 0.364 e. The number of hydrogen-bond donors (Lipinski definition) is 1. The molecule has 0 atom stereocenters. The van der Waals surface area contributed by atoms with E-state index in [1.807, 2.05) is 18.5 Å². The van der Waals surface area contributed by atoms with E-state index >= 15 is 0 Å². The molecule has 0 bridgehead atoms. The van der Waals surface area contributed by atoms with Crippen molar-refractivity contribution in [3.8, 4) is 0 Å². The van der Waals surface area contributed by atoms with Crippen LogP contribution in [0.4, 0.5) is 10.1 Å². The van der Waals surface area contributed by atoms with Crippen molar-refractivity contribution in [2.45, 2.75) is 19.5 Å². The molecule has 0 spiro atoms. The molecule has 0 saturated heterocycles. The number of nitrogens with zero attached hydrogens (tertiary/aromatic N) is 3. The smallest absolute Gasteiger partial charge is 0.123 e. The van der Waals surface area contributed by atoms with Crippen LogP contribution in [0.25, 0.3) is 0 Å². The first-order chi connectivity index (χ1) is 9.28. The Morgan fingerprint density at radius 3 is 2.74 bits per heavy atom. The van der Waals surface area contributed by atoms with Crippen LogP contribution in [0.1, 0.15) is 11.4 Å². The summed E-state index contributed by atoms with van der Waals surface area (Å²) in [5, 5.41) is 0. The molecule has 0 aliphatic carbocycles. The Morgan fingerprint density at radius 2 is 2.00 bits per heavy atom. The van der Waals surface area contributed by atoms with Gasteiger partial charge < -0.3 is 15.2 Å². The lowest BCUT2D eigenvalue weighted by molar-refractivity contribution is 0.566. The molecule has 0 fully saturated rings. The number of benzene rings is 1. The topological polar surface area (TPSA) is 47.1 Å². The fourth-order valence-electron chi connectivity index (χ4n) is 2.53. The zero-order valence-electron chi connectivity index (χ0n) is 10.7. The monoisotopic (exact) mass is 260 g/mol. The van der Waals surface area contributed by atoms with Gasteiger partial charge in [0.05, 0.1) is 24.3 Å². The number of anilines is 1. The van der Waals surface area contributed by atoms with E-state index in [-0.39, 0.29) is 5.82 Å². The van der Waals surface area contributed by atoms with E-state index in [1.54, 1.807) is 0 Å². The quantitative estimate of drug-likeness (QED) is 0.910. The van der Waals surface area contributed by atoms with E-state index in [2.05, 4.69) is 14.5 Å². The fraction of sp³-hybridized carbons (Fsp3) is 0.357. The van der Waals surface area contributed by atoms with Gasteiger partial charge in [-0.25, -0.2) is 9.37 Å². The van der Waals surface area contributed by atoms with Crippen LogP contribution in [0.15, 0.2) is 30.6 Å². The summed E-state index contributed by atoms with van der Waals surface area (Å²) in [4.78, 5) is 6.67. The average molecular weight is 260 g/mol. The van der Waals surface area contributed by atoms with Crippen LogP contribution in [0, 0.1) is 5.82 Å². The molecule has 3 rings (SSSR count). The van der Waals surface area contributed by atoms with Crippen LogP contribution in [0.3, 0.4) is 0 Å². The van der Waals surface area contributed by atoms with Crippen molar-refractivity contribution >= 4 is 5.69 Å². The molecule has 2 heterocycles. The molecule has 19 heavy (non-hydrogen) atoms. The highest BCUT2D eigenvalue weighted by atomic mass is 19.1. The summed E-state index contributed by atoms with van der Waals surface area (Å²) < 4.78 is 15.1. The van der Waals surface area contributed by atoms with Gasteiger partial charge in [0.1, 0.15) is 5.82 Å². The fourth-order valence-corrected chi connectivity index (χ4v) is 2.53. The molecular weight excluding hydrogens is 243 g/mol. The molecule has 5 heteroatoms. The van der Waals surface area contributed by atoms with E-state index in [0.29, 0.717) is 6.54 Å². The second-order valence-electron chi connectivity index (χ2n) is 4.77. The van der Waals surface area contributed by atoms with E-state index in [4.69, 9.17) is 5.73 Å². The standard InChI is InChI=1S/C14H17FN4/c15-11-1-3-12(4-2-11)18-7-8-19-10-17-13(5-6-16)14(19)9-18/h1-4,10H,5-9,16H2. The minimum absolute atomic E-state index is 0.199. The van der Waals surface area contributed by atoms with Crippen LogP contribution in [0.5, 0.6) is 0 Å². The van der Waals surface area contributed by atoms with Crippen molar-refractivity contribution in [1.29, 1.82) is 0 Å². The predicted molar refractivity (Wildman–Crippen MR) is 72.4 cm³/mol. The zero-order valence-corrected chi connectivity index (χ0v) is 10.7. The molecule has 1 aliphatic rings. The first-order valence-electron chi connectivity index (χ1n) is 6.51. The number of hydrogen-bond acceptors (Lipinski definition) is 3. The van der Waals surface area contributed by atoms with Gasteiger partial charge in [-0.15, -0.1) is 0 Å². The Balaban J connectivity index is 1.84. The van der Waals surface area contributed by atoms with Crippen LogP contribution in [-0.4, -0.2) is 22.6 Å². The lowest BCUT2D eigenvalue weighted by Gasteiger charge is -2.30. The molecule has 2 aromatic rings. The van der Waals surface area contributed by atoms with Gasteiger partial charge in [-0.05, 0) is 30.8 Å². The Hall–Kier alpha value is -1.88. The van der Waals surface area contributed by atoms with E-state index in [0.717, 1.165) is 37.4 Å². The second-order valence-corrected chi connectivity index (χ2v) is 4.77. The van der Waals surface area contributed by atoms with Gasteiger partial charge in [-0.2, -0.15) is 0 Å². The van der Waals surface area contributed by atoms with E-state index < -0.39 is 0 Å². The molecule has 1 aromatic carbocycles. The van der Waals surface area contributed by atoms with Crippen molar-refractivity contribution in [2.75, 3.05) is 18.0 Å². The van der Waals surface area contributed by atoms with Crippen LogP contribution < -0.4 is 10.6 Å². The molecule has 0 amide bonds. The van der Waals surface area contributed by atoms with Gasteiger partial charge in [0, 0.05) is 25.2 Å². The normalized spacial score (nSPS) is 14.5. The highest BCUT2D eigenvalue weighted by Crippen LogP contribution is 2.23. The maximum Gasteiger partial charge on any atom is 0.123 e. The number of aromatic nitrogens is 2. The van der Waals surface area contributed by atoms with E-state index in [9.17, 15) is 4.39 Å². The third-order valence-corrected chi connectivity index (χ3v) is 3.56. The van der Waals surface area contributed by atoms with E-state index in [1.165, 1.54) is 17.8 Å². The number of halogens is 1. The molecule has 100 valence electrons. The summed E-state index contributed by atoms with van der Waals surface area (Å²) in [6.45, 7) is 3.24. The van der Waals surface area contributed by atoms with Crippen LogP contribution >= 0.6 is 0 Å². The summed E-state index contributed by atoms with van der Waals surface area (Å²) in [5.74, 6) is -0.199. The SMILES string of the molecule is NCCc1ncn2c1CN(c1ccc(F)cc1)CC2. The number of fused-ring (bicyclic) bond motifs is 1. The van der Waals surface area contributed by atoms with Gasteiger partial charge in [0.2, 0.25) is 0 Å². The van der Waals surface area contributed by atoms with Gasteiger partial charge in [-0.1, -0.05) is 0 Å². The molecule has 0 unspecified atom stereocenters. The Labute approximate surface area is 111 Å². The van der Waals surface area contributed by atoms with Crippen molar-refractivity contribution in [3.63, 3.8) is 0 Å². The molecule has 0 saturated carbocycles. The summed E-state index contributed by atoms with van der Waals surface area (Å²) in [6, 6.07) is 6.65. The number of imidazole rings is 1. The maximum atomic E-state index is 13.0. The Morgan fingerprint density at radius 1 is 1.21 bits per heavy atom. The highest BCUT2D eigenvalue weighted by Gasteiger charge is 2.20. The molecule has 1 aromatic heterocycles. The predicted octanol–water partition coefficient (Wildman–Crippen LogP) is 1.54.